The van der Waals surface area contributed by atoms with Crippen molar-refractivity contribution in [3.8, 4) is 0 Å². The van der Waals surface area contributed by atoms with Crippen molar-refractivity contribution < 1.29 is 28.7 Å². The SMILES string of the molecule is CN1C(=O)c2ccc(NC(=O)COC(=O)CC3Sc4ccccc4NC3=O)cc2C1=O. The number of thioether (sulfide) groups is 1. The van der Waals surface area contributed by atoms with E-state index in [1.807, 2.05) is 12.1 Å². The summed E-state index contributed by atoms with van der Waals surface area (Å²) < 4.78 is 4.99. The van der Waals surface area contributed by atoms with Crippen LogP contribution in [0.2, 0.25) is 0 Å². The van der Waals surface area contributed by atoms with Gasteiger partial charge in [-0.05, 0) is 30.3 Å². The lowest BCUT2D eigenvalue weighted by molar-refractivity contribution is -0.147. The number of ether oxygens (including phenoxy) is 1. The largest absolute Gasteiger partial charge is 0.456 e. The van der Waals surface area contributed by atoms with Crippen LogP contribution in [-0.4, -0.2) is 53.4 Å². The normalized spacial score (nSPS) is 17.0. The number of amides is 4. The maximum absolute atomic E-state index is 12.2. The van der Waals surface area contributed by atoms with Gasteiger partial charge in [0.25, 0.3) is 17.7 Å². The Balaban J connectivity index is 1.30. The van der Waals surface area contributed by atoms with Gasteiger partial charge in [0.1, 0.15) is 0 Å². The molecule has 0 fully saturated rings. The highest BCUT2D eigenvalue weighted by Crippen LogP contribution is 2.36. The highest BCUT2D eigenvalue weighted by Gasteiger charge is 2.33. The number of carbonyl (C=O) groups excluding carboxylic acids is 5. The summed E-state index contributed by atoms with van der Waals surface area (Å²) in [5, 5.41) is 4.61. The van der Waals surface area contributed by atoms with Crippen LogP contribution in [0.15, 0.2) is 47.4 Å². The number of nitrogens with one attached hydrogen (secondary N) is 2. The van der Waals surface area contributed by atoms with Gasteiger partial charge in [0.15, 0.2) is 6.61 Å². The van der Waals surface area contributed by atoms with Gasteiger partial charge in [0.05, 0.1) is 28.5 Å². The zero-order valence-corrected chi connectivity index (χ0v) is 17.2. The molecule has 1 atom stereocenters. The van der Waals surface area contributed by atoms with Crippen LogP contribution < -0.4 is 10.6 Å². The molecule has 0 saturated carbocycles. The minimum atomic E-state index is -0.682. The minimum absolute atomic E-state index is 0.181. The lowest BCUT2D eigenvalue weighted by Crippen LogP contribution is -2.32. The van der Waals surface area contributed by atoms with Crippen molar-refractivity contribution in [2.75, 3.05) is 24.3 Å². The summed E-state index contributed by atoms with van der Waals surface area (Å²) in [5.74, 6) is -2.44. The van der Waals surface area contributed by atoms with Gasteiger partial charge in [0.2, 0.25) is 5.91 Å². The second-order valence-corrected chi connectivity index (χ2v) is 8.18. The van der Waals surface area contributed by atoms with Gasteiger partial charge in [0, 0.05) is 17.6 Å². The van der Waals surface area contributed by atoms with Crippen molar-refractivity contribution in [1.82, 2.24) is 4.90 Å². The molecule has 0 aromatic heterocycles. The van der Waals surface area contributed by atoms with Crippen LogP contribution in [0.1, 0.15) is 27.1 Å². The van der Waals surface area contributed by atoms with Crippen LogP contribution in [0, 0.1) is 0 Å². The zero-order chi connectivity index (χ0) is 22.1. The summed E-state index contributed by atoms with van der Waals surface area (Å²) in [6, 6.07) is 11.6. The van der Waals surface area contributed by atoms with Crippen LogP contribution in [-0.2, 0) is 19.1 Å². The number of fused-ring (bicyclic) bond motifs is 2. The van der Waals surface area contributed by atoms with Crippen LogP contribution in [0.3, 0.4) is 0 Å². The summed E-state index contributed by atoms with van der Waals surface area (Å²) in [6.07, 6.45) is -0.181. The van der Waals surface area contributed by atoms with Crippen LogP contribution in [0.4, 0.5) is 11.4 Å². The summed E-state index contributed by atoms with van der Waals surface area (Å²) in [7, 11) is 1.38. The molecular weight excluding hydrogens is 422 g/mol. The number of benzene rings is 2. The minimum Gasteiger partial charge on any atom is -0.456 e. The molecule has 1 unspecified atom stereocenters. The predicted octanol–water partition coefficient (Wildman–Crippen LogP) is 1.90. The molecule has 2 aliphatic rings. The second kappa shape index (κ2) is 8.23. The van der Waals surface area contributed by atoms with E-state index in [9.17, 15) is 24.0 Å². The van der Waals surface area contributed by atoms with E-state index in [2.05, 4.69) is 10.6 Å². The van der Waals surface area contributed by atoms with Gasteiger partial charge in [-0.2, -0.15) is 0 Å². The first-order valence-electron chi connectivity index (χ1n) is 9.32. The lowest BCUT2D eigenvalue weighted by Gasteiger charge is -2.23. The molecule has 0 saturated heterocycles. The molecule has 0 aliphatic carbocycles. The molecule has 0 spiro atoms. The number of rotatable bonds is 5. The molecule has 2 N–H and O–H groups in total. The monoisotopic (exact) mass is 439 g/mol. The molecule has 4 rings (SSSR count). The Morgan fingerprint density at radius 2 is 1.84 bits per heavy atom. The predicted molar refractivity (Wildman–Crippen MR) is 112 cm³/mol. The quantitative estimate of drug-likeness (QED) is 0.539. The third-order valence-corrected chi connectivity index (χ3v) is 6.07. The van der Waals surface area contributed by atoms with E-state index in [0.29, 0.717) is 11.4 Å². The molecule has 2 aromatic carbocycles. The van der Waals surface area contributed by atoms with E-state index in [-0.39, 0.29) is 23.5 Å². The summed E-state index contributed by atoms with van der Waals surface area (Å²) in [5.41, 5.74) is 1.46. The molecule has 2 aromatic rings. The van der Waals surface area contributed by atoms with Crippen molar-refractivity contribution in [3.05, 3.63) is 53.6 Å². The highest BCUT2D eigenvalue weighted by molar-refractivity contribution is 8.01. The fourth-order valence-electron chi connectivity index (χ4n) is 3.22. The molecule has 158 valence electrons. The number of anilines is 2. The third kappa shape index (κ3) is 4.15. The zero-order valence-electron chi connectivity index (χ0n) is 16.3. The number of hydrogen-bond donors (Lipinski definition) is 2. The van der Waals surface area contributed by atoms with Crippen LogP contribution in [0.5, 0.6) is 0 Å². The van der Waals surface area contributed by atoms with Crippen molar-refractivity contribution in [2.24, 2.45) is 0 Å². The molecule has 0 radical (unpaired) electrons. The number of esters is 1. The first kappa shape index (κ1) is 20.6. The molecule has 2 aliphatic heterocycles. The van der Waals surface area contributed by atoms with Crippen molar-refractivity contribution >= 4 is 52.7 Å². The van der Waals surface area contributed by atoms with Gasteiger partial charge in [-0.3, -0.25) is 28.9 Å². The van der Waals surface area contributed by atoms with Gasteiger partial charge < -0.3 is 15.4 Å². The summed E-state index contributed by atoms with van der Waals surface area (Å²) >= 11 is 1.27. The van der Waals surface area contributed by atoms with Crippen LogP contribution in [0.25, 0.3) is 0 Å². The fraction of sp³-hybridized carbons (Fsp3) is 0.190. The maximum atomic E-state index is 12.2. The van der Waals surface area contributed by atoms with Crippen molar-refractivity contribution in [3.63, 3.8) is 0 Å². The van der Waals surface area contributed by atoms with E-state index in [4.69, 9.17) is 4.74 Å². The number of imide groups is 1. The number of carbonyl (C=O) groups is 5. The first-order chi connectivity index (χ1) is 14.8. The van der Waals surface area contributed by atoms with E-state index >= 15 is 0 Å². The molecule has 4 amide bonds. The first-order valence-corrected chi connectivity index (χ1v) is 10.2. The van der Waals surface area contributed by atoms with Crippen molar-refractivity contribution in [2.45, 2.75) is 16.6 Å². The lowest BCUT2D eigenvalue weighted by atomic mass is 10.1. The fourth-order valence-corrected chi connectivity index (χ4v) is 4.31. The third-order valence-electron chi connectivity index (χ3n) is 4.80. The Hall–Kier alpha value is -3.66. The van der Waals surface area contributed by atoms with Gasteiger partial charge in [-0.25, -0.2) is 0 Å². The Bertz CT molecular complexity index is 1130. The van der Waals surface area contributed by atoms with E-state index in [0.717, 1.165) is 9.80 Å². The standard InChI is InChI=1S/C21H17N3O6S/c1-24-20(28)12-7-6-11(8-13(12)21(24)29)22-17(25)10-30-18(26)9-16-19(27)23-14-4-2-3-5-15(14)31-16/h2-8,16H,9-10H2,1H3,(H,22,25)(H,23,27). The smallest absolute Gasteiger partial charge is 0.307 e. The Kier molecular flexibility index (Phi) is 5.47. The highest BCUT2D eigenvalue weighted by atomic mass is 32.2. The molecular formula is C21H17N3O6S. The summed E-state index contributed by atoms with van der Waals surface area (Å²) in [6.45, 7) is -0.543. The number of hydrogen-bond acceptors (Lipinski definition) is 7. The summed E-state index contributed by atoms with van der Waals surface area (Å²) in [4.78, 5) is 62.2. The average molecular weight is 439 g/mol. The second-order valence-electron chi connectivity index (χ2n) is 6.93. The maximum Gasteiger partial charge on any atom is 0.307 e. The molecule has 9 nitrogen and oxygen atoms in total. The molecule has 10 heteroatoms. The van der Waals surface area contributed by atoms with Crippen LogP contribution >= 0.6 is 11.8 Å². The molecule has 0 bridgehead atoms. The van der Waals surface area contributed by atoms with Crippen molar-refractivity contribution in [1.29, 1.82) is 0 Å². The number of para-hydroxylation sites is 1. The Morgan fingerprint density at radius 1 is 1.10 bits per heavy atom. The van der Waals surface area contributed by atoms with E-state index in [1.165, 1.54) is 37.0 Å². The topological polar surface area (TPSA) is 122 Å². The average Bonchev–Trinajstić information content (AvgIpc) is 2.96. The van der Waals surface area contributed by atoms with Gasteiger partial charge >= 0.3 is 5.97 Å². The van der Waals surface area contributed by atoms with E-state index in [1.54, 1.807) is 12.1 Å². The van der Waals surface area contributed by atoms with Gasteiger partial charge in [-0.1, -0.05) is 12.1 Å². The number of nitrogens with zero attached hydrogens (tertiary/aromatic N) is 1. The van der Waals surface area contributed by atoms with E-state index < -0.39 is 35.5 Å². The molecule has 31 heavy (non-hydrogen) atoms. The molecule has 2 heterocycles. The van der Waals surface area contributed by atoms with Gasteiger partial charge in [-0.15, -0.1) is 11.8 Å². The Morgan fingerprint density at radius 3 is 2.65 bits per heavy atom. The Labute approximate surface area is 181 Å².